The van der Waals surface area contributed by atoms with Crippen LogP contribution in [0.4, 0.5) is 0 Å². The highest BCUT2D eigenvalue weighted by Gasteiger charge is 2.25. The number of rotatable bonds is 3. The lowest BCUT2D eigenvalue weighted by Gasteiger charge is -2.35. The van der Waals surface area contributed by atoms with E-state index in [1.54, 1.807) is 6.20 Å². The molecule has 1 atom stereocenters. The number of hydrogen-bond donors (Lipinski definition) is 0. The zero-order valence-electron chi connectivity index (χ0n) is 14.1. The Balaban J connectivity index is 1.67. The van der Waals surface area contributed by atoms with Crippen LogP contribution in [0.5, 0.6) is 0 Å². The van der Waals surface area contributed by atoms with Gasteiger partial charge in [0.15, 0.2) is 0 Å². The summed E-state index contributed by atoms with van der Waals surface area (Å²) in [6.07, 6.45) is 7.42. The van der Waals surface area contributed by atoms with Crippen LogP contribution in [0.1, 0.15) is 32.6 Å². The van der Waals surface area contributed by atoms with Crippen LogP contribution in [0.25, 0.3) is 20.4 Å². The van der Waals surface area contributed by atoms with Crippen LogP contribution in [-0.2, 0) is 11.3 Å². The predicted molar refractivity (Wildman–Crippen MR) is 98.8 cm³/mol. The van der Waals surface area contributed by atoms with Crippen LogP contribution in [0.15, 0.2) is 29.5 Å². The van der Waals surface area contributed by atoms with Gasteiger partial charge in [-0.25, -0.2) is 9.97 Å². The smallest absolute Gasteiger partial charge is 0.271 e. The van der Waals surface area contributed by atoms with Crippen molar-refractivity contribution < 1.29 is 4.79 Å². The Kier molecular flexibility index (Phi) is 4.25. The molecule has 6 nitrogen and oxygen atoms in total. The minimum absolute atomic E-state index is 0.00837. The lowest BCUT2D eigenvalue weighted by atomic mass is 10.00. The predicted octanol–water partition coefficient (Wildman–Crippen LogP) is 2.80. The molecule has 0 spiro atoms. The molecule has 3 aromatic heterocycles. The number of nitrogens with zero attached hydrogens (tertiary/aromatic N) is 4. The summed E-state index contributed by atoms with van der Waals surface area (Å²) in [6.45, 7) is 2.95. The van der Waals surface area contributed by atoms with Crippen LogP contribution < -0.4 is 5.56 Å². The van der Waals surface area contributed by atoms with E-state index >= 15 is 0 Å². The summed E-state index contributed by atoms with van der Waals surface area (Å²) in [5.41, 5.74) is 0.512. The van der Waals surface area contributed by atoms with Crippen LogP contribution in [0.3, 0.4) is 0 Å². The maximum Gasteiger partial charge on any atom is 0.271 e. The second-order valence-electron chi connectivity index (χ2n) is 6.46. The number of pyridine rings is 1. The maximum absolute atomic E-state index is 12.8. The van der Waals surface area contributed by atoms with Gasteiger partial charge >= 0.3 is 0 Å². The van der Waals surface area contributed by atoms with Gasteiger partial charge in [-0.2, -0.15) is 0 Å². The van der Waals surface area contributed by atoms with E-state index in [9.17, 15) is 9.59 Å². The van der Waals surface area contributed by atoms with Crippen LogP contribution in [-0.4, -0.2) is 37.9 Å². The summed E-state index contributed by atoms with van der Waals surface area (Å²) in [6, 6.07) is 4.05. The van der Waals surface area contributed by atoms with Crippen LogP contribution in [0, 0.1) is 0 Å². The number of hydrogen-bond acceptors (Lipinski definition) is 5. The fraction of sp³-hybridized carbons (Fsp3) is 0.444. The number of fused-ring (bicyclic) bond motifs is 3. The minimum atomic E-state index is -0.161. The molecular weight excluding hydrogens is 336 g/mol. The van der Waals surface area contributed by atoms with E-state index in [2.05, 4.69) is 16.9 Å². The molecule has 1 saturated heterocycles. The minimum Gasteiger partial charge on any atom is -0.338 e. The zero-order valence-corrected chi connectivity index (χ0v) is 15.0. The molecule has 0 bridgehead atoms. The van der Waals surface area contributed by atoms with Crippen LogP contribution in [0.2, 0.25) is 0 Å². The van der Waals surface area contributed by atoms with Crippen molar-refractivity contribution in [3.05, 3.63) is 35.0 Å². The first kappa shape index (κ1) is 16.2. The molecule has 0 aromatic carbocycles. The molecule has 0 radical (unpaired) electrons. The normalized spacial score (nSPS) is 18.1. The Hall–Kier alpha value is -2.28. The number of amides is 1. The van der Waals surface area contributed by atoms with E-state index in [0.717, 1.165) is 36.0 Å². The molecule has 0 aliphatic carbocycles. The van der Waals surface area contributed by atoms with E-state index in [1.807, 2.05) is 17.0 Å². The lowest BCUT2D eigenvalue weighted by Crippen LogP contribution is -2.45. The number of piperidine rings is 1. The largest absolute Gasteiger partial charge is 0.338 e. The molecule has 1 fully saturated rings. The fourth-order valence-corrected chi connectivity index (χ4v) is 4.65. The van der Waals surface area contributed by atoms with Crippen molar-refractivity contribution >= 4 is 37.7 Å². The average Bonchev–Trinajstić information content (AvgIpc) is 3.03. The summed E-state index contributed by atoms with van der Waals surface area (Å²) < 4.78 is 2.00. The Bertz CT molecular complexity index is 994. The van der Waals surface area contributed by atoms with Crippen molar-refractivity contribution in [2.75, 3.05) is 6.54 Å². The van der Waals surface area contributed by atoms with E-state index in [4.69, 9.17) is 0 Å². The molecule has 0 saturated carbocycles. The van der Waals surface area contributed by atoms with Crippen molar-refractivity contribution in [2.45, 2.75) is 45.2 Å². The fourth-order valence-electron chi connectivity index (χ4n) is 3.61. The third-order valence-electron chi connectivity index (χ3n) is 4.95. The number of likely N-dealkylation sites (tertiary alicyclic amines) is 1. The number of thiophene rings is 1. The van der Waals surface area contributed by atoms with Crippen molar-refractivity contribution in [1.29, 1.82) is 0 Å². The summed E-state index contributed by atoms with van der Waals surface area (Å²) in [4.78, 5) is 37.0. The molecule has 4 rings (SSSR count). The average molecular weight is 356 g/mol. The highest BCUT2D eigenvalue weighted by atomic mass is 32.1. The van der Waals surface area contributed by atoms with Crippen molar-refractivity contribution in [3.63, 3.8) is 0 Å². The van der Waals surface area contributed by atoms with Gasteiger partial charge in [-0.15, -0.1) is 11.3 Å². The van der Waals surface area contributed by atoms with E-state index in [0.29, 0.717) is 16.3 Å². The van der Waals surface area contributed by atoms with Gasteiger partial charge in [0.25, 0.3) is 5.56 Å². The molecule has 1 amide bonds. The molecule has 7 heteroatoms. The van der Waals surface area contributed by atoms with Gasteiger partial charge in [-0.1, -0.05) is 6.92 Å². The molecule has 4 heterocycles. The van der Waals surface area contributed by atoms with E-state index < -0.39 is 0 Å². The first-order valence-electron chi connectivity index (χ1n) is 8.71. The summed E-state index contributed by atoms with van der Waals surface area (Å²) in [5.74, 6) is 0.00837. The number of aromatic nitrogens is 3. The van der Waals surface area contributed by atoms with Gasteiger partial charge < -0.3 is 4.90 Å². The molecule has 1 aliphatic heterocycles. The second-order valence-corrected chi connectivity index (χ2v) is 7.46. The van der Waals surface area contributed by atoms with Gasteiger partial charge in [-0.3, -0.25) is 14.2 Å². The SMILES string of the molecule is CCC1CCCCN1C(=O)Cn1cnc2c(sc3ncccc32)c1=O. The summed E-state index contributed by atoms with van der Waals surface area (Å²) in [7, 11) is 0. The monoisotopic (exact) mass is 356 g/mol. The third kappa shape index (κ3) is 2.82. The van der Waals surface area contributed by atoms with E-state index in [-0.39, 0.29) is 18.0 Å². The topological polar surface area (TPSA) is 68.1 Å². The Morgan fingerprint density at radius 3 is 3.08 bits per heavy atom. The molecule has 130 valence electrons. The van der Waals surface area contributed by atoms with Crippen molar-refractivity contribution in [2.24, 2.45) is 0 Å². The molecular formula is C18H20N4O2S. The van der Waals surface area contributed by atoms with Crippen molar-refractivity contribution in [1.82, 2.24) is 19.4 Å². The summed E-state index contributed by atoms with van der Waals surface area (Å²) in [5, 5.41) is 0.889. The van der Waals surface area contributed by atoms with Crippen LogP contribution >= 0.6 is 11.3 Å². The van der Waals surface area contributed by atoms with Gasteiger partial charge in [0.2, 0.25) is 5.91 Å². The molecule has 0 N–H and O–H groups in total. The highest BCUT2D eigenvalue weighted by molar-refractivity contribution is 7.25. The molecule has 1 unspecified atom stereocenters. The van der Waals surface area contributed by atoms with E-state index in [1.165, 1.54) is 28.7 Å². The zero-order chi connectivity index (χ0) is 17.4. The van der Waals surface area contributed by atoms with Gasteiger partial charge in [0, 0.05) is 24.2 Å². The van der Waals surface area contributed by atoms with Gasteiger partial charge in [-0.05, 0) is 37.8 Å². The molecule has 3 aromatic rings. The second kappa shape index (κ2) is 6.55. The number of carbonyl (C=O) groups is 1. The number of carbonyl (C=O) groups excluding carboxylic acids is 1. The van der Waals surface area contributed by atoms with Gasteiger partial charge in [0.05, 0.1) is 11.8 Å². The van der Waals surface area contributed by atoms with Crippen molar-refractivity contribution in [3.8, 4) is 0 Å². The first-order chi connectivity index (χ1) is 12.2. The Labute approximate surface area is 149 Å². The maximum atomic E-state index is 12.8. The third-order valence-corrected chi connectivity index (χ3v) is 6.04. The lowest BCUT2D eigenvalue weighted by molar-refractivity contribution is -0.135. The van der Waals surface area contributed by atoms with Gasteiger partial charge in [0.1, 0.15) is 16.1 Å². The molecule has 25 heavy (non-hydrogen) atoms. The Morgan fingerprint density at radius 1 is 1.36 bits per heavy atom. The Morgan fingerprint density at radius 2 is 2.24 bits per heavy atom. The standard InChI is InChI=1S/C18H20N4O2S/c1-2-12-6-3-4-9-22(12)14(23)10-21-11-20-15-13-7-5-8-19-17(13)25-16(15)18(21)24/h5,7-8,11-12H,2-4,6,9-10H2,1H3. The quantitative estimate of drug-likeness (QED) is 0.724. The highest BCUT2D eigenvalue weighted by Crippen LogP contribution is 2.28. The molecule has 1 aliphatic rings. The summed E-state index contributed by atoms with van der Waals surface area (Å²) >= 11 is 1.34. The first-order valence-corrected chi connectivity index (χ1v) is 9.53.